The van der Waals surface area contributed by atoms with Crippen molar-refractivity contribution in [3.63, 3.8) is 0 Å². The van der Waals surface area contributed by atoms with Crippen molar-refractivity contribution in [1.29, 1.82) is 0 Å². The molecule has 0 fully saturated rings. The molecule has 0 heterocycles. The van der Waals surface area contributed by atoms with Gasteiger partial charge in [0.1, 0.15) is 0 Å². The molecule has 0 spiro atoms. The summed E-state index contributed by atoms with van der Waals surface area (Å²) in [5, 5.41) is 0. The van der Waals surface area contributed by atoms with E-state index in [4.69, 9.17) is 0 Å². The van der Waals surface area contributed by atoms with Crippen molar-refractivity contribution in [1.82, 2.24) is 0 Å². The predicted octanol–water partition coefficient (Wildman–Crippen LogP) is 2.93. The number of aldehydes is 1. The Balaban J connectivity index is 2.74. The molecule has 0 unspecified atom stereocenters. The van der Waals surface area contributed by atoms with Crippen LogP contribution < -0.4 is 0 Å². The van der Waals surface area contributed by atoms with Crippen molar-refractivity contribution in [2.45, 2.75) is 4.90 Å². The first-order chi connectivity index (χ1) is 6.38. The van der Waals surface area contributed by atoms with Crippen LogP contribution in [0.5, 0.6) is 0 Å². The molecule has 1 aromatic rings. The van der Waals surface area contributed by atoms with Crippen molar-refractivity contribution < 1.29 is 4.79 Å². The SMILES string of the molecule is C=C=CCSc1ccccc1C=O. The van der Waals surface area contributed by atoms with E-state index >= 15 is 0 Å². The van der Waals surface area contributed by atoms with Crippen LogP contribution >= 0.6 is 11.8 Å². The van der Waals surface area contributed by atoms with Crippen molar-refractivity contribution in [3.8, 4) is 0 Å². The lowest BCUT2D eigenvalue weighted by atomic mass is 10.2. The molecular formula is C11H10OS. The highest BCUT2D eigenvalue weighted by Crippen LogP contribution is 2.20. The van der Waals surface area contributed by atoms with Crippen molar-refractivity contribution in [3.05, 3.63) is 48.2 Å². The molecule has 0 aliphatic rings. The first-order valence-corrected chi connectivity index (χ1v) is 4.88. The number of thioether (sulfide) groups is 1. The van der Waals surface area contributed by atoms with Gasteiger partial charge in [0.2, 0.25) is 0 Å². The molecule has 1 nitrogen and oxygen atoms in total. The number of hydrogen-bond donors (Lipinski definition) is 0. The van der Waals surface area contributed by atoms with Crippen LogP contribution in [0.3, 0.4) is 0 Å². The Morgan fingerprint density at radius 1 is 1.46 bits per heavy atom. The van der Waals surface area contributed by atoms with Gasteiger partial charge in [-0.3, -0.25) is 4.79 Å². The quantitative estimate of drug-likeness (QED) is 0.412. The maximum atomic E-state index is 10.6. The van der Waals surface area contributed by atoms with Crippen LogP contribution in [0.25, 0.3) is 0 Å². The zero-order valence-corrected chi connectivity index (χ0v) is 8.01. The summed E-state index contributed by atoms with van der Waals surface area (Å²) in [5.41, 5.74) is 3.43. The third-order valence-electron chi connectivity index (χ3n) is 1.51. The van der Waals surface area contributed by atoms with E-state index in [0.29, 0.717) is 0 Å². The van der Waals surface area contributed by atoms with Crippen LogP contribution in [0, 0.1) is 0 Å². The maximum absolute atomic E-state index is 10.6. The lowest BCUT2D eigenvalue weighted by molar-refractivity contribution is 0.112. The number of hydrogen-bond acceptors (Lipinski definition) is 2. The Morgan fingerprint density at radius 3 is 2.92 bits per heavy atom. The number of carbonyl (C=O) groups is 1. The molecule has 1 aromatic carbocycles. The summed E-state index contributed by atoms with van der Waals surface area (Å²) in [6.07, 6.45) is 2.71. The van der Waals surface area contributed by atoms with Crippen LogP contribution in [0.4, 0.5) is 0 Å². The van der Waals surface area contributed by atoms with Crippen molar-refractivity contribution >= 4 is 18.0 Å². The van der Waals surface area contributed by atoms with Gasteiger partial charge in [0.05, 0.1) is 0 Å². The lowest BCUT2D eigenvalue weighted by Gasteiger charge is -2.00. The minimum absolute atomic E-state index is 0.741. The third-order valence-corrected chi connectivity index (χ3v) is 2.53. The van der Waals surface area contributed by atoms with E-state index in [-0.39, 0.29) is 0 Å². The molecule has 13 heavy (non-hydrogen) atoms. The smallest absolute Gasteiger partial charge is 0.151 e. The van der Waals surface area contributed by atoms with Gasteiger partial charge in [-0.2, -0.15) is 0 Å². The molecule has 0 aromatic heterocycles. The van der Waals surface area contributed by atoms with Crippen LogP contribution in [-0.2, 0) is 0 Å². The van der Waals surface area contributed by atoms with Gasteiger partial charge in [-0.15, -0.1) is 17.5 Å². The first kappa shape index (κ1) is 9.85. The normalized spacial score (nSPS) is 8.92. The van der Waals surface area contributed by atoms with Gasteiger partial charge in [0.25, 0.3) is 0 Å². The van der Waals surface area contributed by atoms with E-state index < -0.39 is 0 Å². The van der Waals surface area contributed by atoms with Crippen molar-refractivity contribution in [2.75, 3.05) is 5.75 Å². The van der Waals surface area contributed by atoms with Crippen LogP contribution in [0.15, 0.2) is 47.5 Å². The van der Waals surface area contributed by atoms with Gasteiger partial charge in [0, 0.05) is 16.2 Å². The summed E-state index contributed by atoms with van der Waals surface area (Å²) in [6.45, 7) is 3.47. The van der Waals surface area contributed by atoms with Gasteiger partial charge < -0.3 is 0 Å². The first-order valence-electron chi connectivity index (χ1n) is 3.90. The van der Waals surface area contributed by atoms with Gasteiger partial charge >= 0.3 is 0 Å². The third kappa shape index (κ3) is 2.94. The zero-order chi connectivity index (χ0) is 9.52. The molecule has 0 aliphatic carbocycles. The fraction of sp³-hybridized carbons (Fsp3) is 0.0909. The number of rotatable bonds is 4. The molecule has 0 N–H and O–H groups in total. The van der Waals surface area contributed by atoms with E-state index in [9.17, 15) is 4.79 Å². The highest BCUT2D eigenvalue weighted by molar-refractivity contribution is 7.99. The monoisotopic (exact) mass is 190 g/mol. The van der Waals surface area contributed by atoms with Crippen LogP contribution in [0.2, 0.25) is 0 Å². The van der Waals surface area contributed by atoms with Crippen molar-refractivity contribution in [2.24, 2.45) is 0 Å². The molecule has 1 rings (SSSR count). The molecule has 0 radical (unpaired) electrons. The van der Waals surface area contributed by atoms with Crippen LogP contribution in [-0.4, -0.2) is 12.0 Å². The van der Waals surface area contributed by atoms with E-state index in [2.05, 4.69) is 12.3 Å². The topological polar surface area (TPSA) is 17.1 Å². The minimum atomic E-state index is 0.741. The molecule has 66 valence electrons. The number of carbonyl (C=O) groups excluding carboxylic acids is 1. The van der Waals surface area contributed by atoms with Gasteiger partial charge in [-0.1, -0.05) is 24.8 Å². The molecule has 0 bridgehead atoms. The Kier molecular flexibility index (Phi) is 4.10. The molecule has 0 aliphatic heterocycles. The Hall–Kier alpha value is -1.24. The standard InChI is InChI=1S/C11H10OS/c1-2-3-8-13-11-7-5-4-6-10(11)9-12/h3-7,9H,1,8H2. The molecular weight excluding hydrogens is 180 g/mol. The van der Waals surface area contributed by atoms with Crippen LogP contribution in [0.1, 0.15) is 10.4 Å². The fourth-order valence-corrected chi connectivity index (χ4v) is 1.74. The molecule has 0 saturated carbocycles. The van der Waals surface area contributed by atoms with Gasteiger partial charge in [0.15, 0.2) is 6.29 Å². The highest BCUT2D eigenvalue weighted by atomic mass is 32.2. The summed E-state index contributed by atoms with van der Waals surface area (Å²) in [4.78, 5) is 11.6. The lowest BCUT2D eigenvalue weighted by Crippen LogP contribution is -1.83. The average molecular weight is 190 g/mol. The minimum Gasteiger partial charge on any atom is -0.298 e. The molecule has 0 amide bonds. The summed E-state index contributed by atoms with van der Waals surface area (Å²) in [7, 11) is 0. The predicted molar refractivity (Wildman–Crippen MR) is 56.3 cm³/mol. The second-order valence-corrected chi connectivity index (χ2v) is 3.44. The van der Waals surface area contributed by atoms with E-state index in [1.807, 2.05) is 30.3 Å². The largest absolute Gasteiger partial charge is 0.298 e. The Labute approximate surface area is 82.2 Å². The van der Waals surface area contributed by atoms with E-state index in [0.717, 1.165) is 22.5 Å². The summed E-state index contributed by atoms with van der Waals surface area (Å²) >= 11 is 1.61. The second kappa shape index (κ2) is 5.41. The molecule has 0 saturated heterocycles. The summed E-state index contributed by atoms with van der Waals surface area (Å²) in [5.74, 6) is 0.800. The second-order valence-electron chi connectivity index (χ2n) is 2.37. The van der Waals surface area contributed by atoms with E-state index in [1.165, 1.54) is 0 Å². The summed E-state index contributed by atoms with van der Waals surface area (Å²) in [6, 6.07) is 7.53. The van der Waals surface area contributed by atoms with E-state index in [1.54, 1.807) is 11.8 Å². The Bertz CT molecular complexity index is 338. The van der Waals surface area contributed by atoms with Gasteiger partial charge in [-0.05, 0) is 12.1 Å². The fourth-order valence-electron chi connectivity index (χ4n) is 0.900. The maximum Gasteiger partial charge on any atom is 0.151 e. The average Bonchev–Trinajstić information content (AvgIpc) is 2.19. The molecule has 2 heteroatoms. The highest BCUT2D eigenvalue weighted by Gasteiger charge is 1.98. The number of benzene rings is 1. The van der Waals surface area contributed by atoms with Gasteiger partial charge in [-0.25, -0.2) is 0 Å². The zero-order valence-electron chi connectivity index (χ0n) is 7.19. The molecule has 0 atom stereocenters. The Morgan fingerprint density at radius 2 is 2.23 bits per heavy atom. The summed E-state index contributed by atoms with van der Waals surface area (Å²) < 4.78 is 0.